The fraction of sp³-hybridized carbons (Fsp3) is 0.200. The molecule has 0 bridgehead atoms. The average molecular weight is 296 g/mol. The van der Waals surface area contributed by atoms with Gasteiger partial charge in [0.2, 0.25) is 0 Å². The molecule has 0 fully saturated rings. The summed E-state index contributed by atoms with van der Waals surface area (Å²) in [6.45, 7) is 1.78. The molecule has 0 aliphatic rings. The summed E-state index contributed by atoms with van der Waals surface area (Å²) in [5, 5.41) is 11.7. The van der Waals surface area contributed by atoms with Gasteiger partial charge in [0.05, 0.1) is 5.54 Å². The topological polar surface area (TPSA) is 46.2 Å². The summed E-state index contributed by atoms with van der Waals surface area (Å²) >= 11 is 11.8. The van der Waals surface area contributed by atoms with Gasteiger partial charge in [-0.3, -0.25) is 0 Å². The smallest absolute Gasteiger partial charge is 0.101 e. The predicted molar refractivity (Wildman–Crippen MR) is 79.4 cm³/mol. The van der Waals surface area contributed by atoms with Crippen LogP contribution in [-0.4, -0.2) is 5.11 Å². The molecule has 2 nitrogen and oxygen atoms in total. The number of halogens is 2. The highest BCUT2D eigenvalue weighted by Crippen LogP contribution is 2.33. The second kappa shape index (κ2) is 5.51. The Balaban J connectivity index is 2.35. The van der Waals surface area contributed by atoms with E-state index in [1.165, 1.54) is 0 Å². The van der Waals surface area contributed by atoms with Crippen LogP contribution < -0.4 is 5.73 Å². The minimum absolute atomic E-state index is 0.573. The first-order chi connectivity index (χ1) is 8.91. The van der Waals surface area contributed by atoms with Crippen LogP contribution in [0, 0.1) is 0 Å². The van der Waals surface area contributed by atoms with Crippen molar-refractivity contribution in [2.24, 2.45) is 5.73 Å². The molecule has 0 radical (unpaired) electrons. The molecule has 0 heterocycles. The van der Waals surface area contributed by atoms with E-state index in [0.717, 1.165) is 5.56 Å². The minimum atomic E-state index is -0.921. The van der Waals surface area contributed by atoms with Crippen LogP contribution in [0.2, 0.25) is 10.0 Å². The van der Waals surface area contributed by atoms with Crippen LogP contribution in [0.3, 0.4) is 0 Å². The van der Waals surface area contributed by atoms with Gasteiger partial charge in [-0.15, -0.1) is 0 Å². The summed E-state index contributed by atoms with van der Waals surface area (Å²) in [4.78, 5) is 0. The Morgan fingerprint density at radius 1 is 1.05 bits per heavy atom. The van der Waals surface area contributed by atoms with Crippen molar-refractivity contribution in [1.29, 1.82) is 0 Å². The Labute approximate surface area is 122 Å². The fourth-order valence-corrected chi connectivity index (χ4v) is 2.31. The maximum Gasteiger partial charge on any atom is 0.101 e. The van der Waals surface area contributed by atoms with Crippen molar-refractivity contribution in [3.05, 3.63) is 69.7 Å². The van der Waals surface area contributed by atoms with E-state index >= 15 is 0 Å². The zero-order valence-corrected chi connectivity index (χ0v) is 12.0. The number of hydrogen-bond acceptors (Lipinski definition) is 2. The van der Waals surface area contributed by atoms with Crippen molar-refractivity contribution >= 4 is 23.2 Å². The zero-order chi connectivity index (χ0) is 14.0. The van der Waals surface area contributed by atoms with E-state index in [9.17, 15) is 5.11 Å². The number of nitrogens with two attached hydrogens (primary N) is 1. The van der Waals surface area contributed by atoms with E-state index in [1.54, 1.807) is 43.3 Å². The Morgan fingerprint density at radius 2 is 1.68 bits per heavy atom. The molecule has 3 N–H and O–H groups in total. The van der Waals surface area contributed by atoms with Gasteiger partial charge in [0.25, 0.3) is 0 Å². The van der Waals surface area contributed by atoms with Crippen molar-refractivity contribution in [2.45, 2.75) is 18.6 Å². The number of hydrogen-bond donors (Lipinski definition) is 2. The molecule has 2 atom stereocenters. The minimum Gasteiger partial charge on any atom is -0.386 e. The van der Waals surface area contributed by atoms with Crippen molar-refractivity contribution in [2.75, 3.05) is 0 Å². The van der Waals surface area contributed by atoms with Crippen LogP contribution in [0.4, 0.5) is 0 Å². The molecule has 2 unspecified atom stereocenters. The van der Waals surface area contributed by atoms with Gasteiger partial charge < -0.3 is 10.8 Å². The van der Waals surface area contributed by atoms with Crippen molar-refractivity contribution in [1.82, 2.24) is 0 Å². The highest BCUT2D eigenvalue weighted by molar-refractivity contribution is 6.30. The lowest BCUT2D eigenvalue weighted by molar-refractivity contribution is 0.0932. The summed E-state index contributed by atoms with van der Waals surface area (Å²) in [5.74, 6) is 0. The molecule has 0 spiro atoms. The average Bonchev–Trinajstić information content (AvgIpc) is 2.38. The Hall–Kier alpha value is -1.06. The van der Waals surface area contributed by atoms with Crippen molar-refractivity contribution < 1.29 is 5.11 Å². The fourth-order valence-electron chi connectivity index (χ4n) is 1.99. The van der Waals surface area contributed by atoms with Gasteiger partial charge in [0.1, 0.15) is 6.10 Å². The van der Waals surface area contributed by atoms with E-state index in [2.05, 4.69) is 0 Å². The molecule has 2 rings (SSSR count). The molecule has 0 aliphatic heterocycles. The number of aliphatic hydroxyl groups is 1. The molecule has 2 aromatic rings. The van der Waals surface area contributed by atoms with Gasteiger partial charge in [0, 0.05) is 10.0 Å². The molecule has 0 aliphatic carbocycles. The van der Waals surface area contributed by atoms with Gasteiger partial charge >= 0.3 is 0 Å². The summed E-state index contributed by atoms with van der Waals surface area (Å²) in [7, 11) is 0. The monoisotopic (exact) mass is 295 g/mol. The van der Waals surface area contributed by atoms with Crippen LogP contribution >= 0.6 is 23.2 Å². The van der Waals surface area contributed by atoms with Crippen molar-refractivity contribution in [3.63, 3.8) is 0 Å². The summed E-state index contributed by atoms with van der Waals surface area (Å²) < 4.78 is 0. The molecule has 19 heavy (non-hydrogen) atoms. The second-order valence-electron chi connectivity index (χ2n) is 4.75. The normalized spacial score (nSPS) is 15.8. The molecule has 0 saturated heterocycles. The van der Waals surface area contributed by atoms with E-state index in [0.29, 0.717) is 15.6 Å². The third-order valence-electron chi connectivity index (χ3n) is 3.20. The Kier molecular flexibility index (Phi) is 4.16. The third-order valence-corrected chi connectivity index (χ3v) is 3.69. The lowest BCUT2D eigenvalue weighted by Crippen LogP contribution is -2.39. The molecule has 0 aromatic heterocycles. The second-order valence-corrected chi connectivity index (χ2v) is 5.62. The SMILES string of the molecule is CC(N)(c1ccc(Cl)cc1)C(O)c1cccc(Cl)c1. The molecule has 0 saturated carbocycles. The lowest BCUT2D eigenvalue weighted by atomic mass is 9.84. The molecular formula is C15H15Cl2NO. The van der Waals surface area contributed by atoms with Crippen molar-refractivity contribution in [3.8, 4) is 0 Å². The maximum atomic E-state index is 10.5. The molecule has 0 amide bonds. The standard InChI is InChI=1S/C15H15Cl2NO/c1-15(18,11-5-7-12(16)8-6-11)14(19)10-3-2-4-13(17)9-10/h2-9,14,19H,18H2,1H3. The van der Waals surface area contributed by atoms with E-state index in [-0.39, 0.29) is 0 Å². The highest BCUT2D eigenvalue weighted by Gasteiger charge is 2.31. The van der Waals surface area contributed by atoms with Crippen LogP contribution in [0.5, 0.6) is 0 Å². The summed E-state index contributed by atoms with van der Waals surface area (Å²) in [5.41, 5.74) is 6.85. The molecular weight excluding hydrogens is 281 g/mol. The molecule has 2 aromatic carbocycles. The van der Waals surface area contributed by atoms with Gasteiger partial charge in [-0.1, -0.05) is 47.5 Å². The third kappa shape index (κ3) is 3.10. The van der Waals surface area contributed by atoms with E-state index in [1.807, 2.05) is 12.1 Å². The maximum absolute atomic E-state index is 10.5. The van der Waals surface area contributed by atoms with Gasteiger partial charge in [-0.2, -0.15) is 0 Å². The largest absolute Gasteiger partial charge is 0.386 e. The lowest BCUT2D eigenvalue weighted by Gasteiger charge is -2.31. The Bertz CT molecular complexity index is 567. The summed E-state index contributed by atoms with van der Waals surface area (Å²) in [6, 6.07) is 14.2. The molecule has 100 valence electrons. The van der Waals surface area contributed by atoms with Gasteiger partial charge in [-0.05, 0) is 42.3 Å². The van der Waals surface area contributed by atoms with E-state index in [4.69, 9.17) is 28.9 Å². The quantitative estimate of drug-likeness (QED) is 0.902. The number of aliphatic hydroxyl groups excluding tert-OH is 1. The van der Waals surface area contributed by atoms with Gasteiger partial charge in [-0.25, -0.2) is 0 Å². The number of rotatable bonds is 3. The zero-order valence-electron chi connectivity index (χ0n) is 10.5. The first-order valence-corrected chi connectivity index (χ1v) is 6.65. The predicted octanol–water partition coefficient (Wildman–Crippen LogP) is 3.90. The Morgan fingerprint density at radius 3 is 2.26 bits per heavy atom. The van der Waals surface area contributed by atoms with Crippen LogP contribution in [-0.2, 0) is 5.54 Å². The summed E-state index contributed by atoms with van der Waals surface area (Å²) in [6.07, 6.45) is -0.854. The highest BCUT2D eigenvalue weighted by atomic mass is 35.5. The van der Waals surface area contributed by atoms with Crippen LogP contribution in [0.25, 0.3) is 0 Å². The van der Waals surface area contributed by atoms with Crippen LogP contribution in [0.1, 0.15) is 24.2 Å². The molecule has 4 heteroatoms. The first-order valence-electron chi connectivity index (χ1n) is 5.89. The number of benzene rings is 2. The van der Waals surface area contributed by atoms with Crippen LogP contribution in [0.15, 0.2) is 48.5 Å². The first kappa shape index (κ1) is 14.4. The van der Waals surface area contributed by atoms with Gasteiger partial charge in [0.15, 0.2) is 0 Å². The van der Waals surface area contributed by atoms with E-state index < -0.39 is 11.6 Å².